The number of aromatic nitrogens is 1. The molecule has 8 rings (SSSR count). The van der Waals surface area contributed by atoms with Crippen LogP contribution in [0.4, 0.5) is 18.9 Å². The van der Waals surface area contributed by atoms with E-state index in [4.69, 9.17) is 4.74 Å². The van der Waals surface area contributed by atoms with Gasteiger partial charge >= 0.3 is 11.0 Å². The quantitative estimate of drug-likeness (QED) is 0.213. The largest absolute Gasteiger partial charge is 0.489 e. The van der Waals surface area contributed by atoms with Crippen molar-refractivity contribution in [2.45, 2.75) is 42.3 Å². The number of anilines is 1. The van der Waals surface area contributed by atoms with Gasteiger partial charge in [-0.2, -0.15) is 13.2 Å². The highest BCUT2D eigenvalue weighted by Crippen LogP contribution is 2.69. The summed E-state index contributed by atoms with van der Waals surface area (Å²) in [6.45, 7) is 2.36. The van der Waals surface area contributed by atoms with Crippen LogP contribution >= 0.6 is 39.0 Å². The summed E-state index contributed by atoms with van der Waals surface area (Å²) < 4.78 is 49.3. The Morgan fingerprint density at radius 2 is 1.70 bits per heavy atom. The average molecular weight is 728 g/mol. The third-order valence-corrected chi connectivity index (χ3v) is 13.2. The van der Waals surface area contributed by atoms with E-state index in [9.17, 15) is 27.6 Å². The molecule has 3 fully saturated rings. The number of benzene rings is 3. The monoisotopic (exact) mass is 726 g/mol. The number of fused-ring (bicyclic) bond motifs is 9. The number of aryl methyl sites for hydroxylation is 1. The molecule has 1 aromatic heterocycles. The molecule has 2 bridgehead atoms. The van der Waals surface area contributed by atoms with E-state index in [2.05, 4.69) is 20.9 Å². The first-order valence-corrected chi connectivity index (χ1v) is 17.4. The van der Waals surface area contributed by atoms with Gasteiger partial charge in [-0.3, -0.25) is 14.4 Å². The van der Waals surface area contributed by atoms with Crippen LogP contribution in [0.25, 0.3) is 0 Å². The van der Waals surface area contributed by atoms with Gasteiger partial charge < -0.3 is 9.72 Å². The maximum atomic E-state index is 14.1. The van der Waals surface area contributed by atoms with Crippen LogP contribution in [0.3, 0.4) is 0 Å². The summed E-state index contributed by atoms with van der Waals surface area (Å²) in [5.74, 6) is -2.86. The van der Waals surface area contributed by atoms with Crippen LogP contribution in [0.5, 0.6) is 5.75 Å². The molecule has 1 N–H and O–H groups in total. The van der Waals surface area contributed by atoms with Crippen LogP contribution < -0.4 is 14.5 Å². The molecule has 2 aliphatic heterocycles. The van der Waals surface area contributed by atoms with E-state index in [0.29, 0.717) is 18.8 Å². The molecule has 1 saturated heterocycles. The highest BCUT2D eigenvalue weighted by molar-refractivity contribution is 9.10. The number of carbonyl (C=O) groups excluding carboxylic acids is 2. The number of ether oxygens (including phenoxy) is 1. The summed E-state index contributed by atoms with van der Waals surface area (Å²) in [6.07, 6.45) is -4.11. The first-order chi connectivity index (χ1) is 22.0. The van der Waals surface area contributed by atoms with E-state index < -0.39 is 41.1 Å². The minimum Gasteiger partial charge on any atom is -0.489 e. The van der Waals surface area contributed by atoms with Gasteiger partial charge in [-0.15, -0.1) is 11.8 Å². The summed E-state index contributed by atoms with van der Waals surface area (Å²) in [4.78, 5) is 45.2. The van der Waals surface area contributed by atoms with Crippen LogP contribution in [0, 0.1) is 36.5 Å². The Kier molecular flexibility index (Phi) is 7.08. The number of amides is 2. The lowest BCUT2D eigenvalue weighted by Gasteiger charge is -2.43. The molecule has 6 nitrogen and oxygen atoms in total. The Hall–Kier alpha value is -3.35. The van der Waals surface area contributed by atoms with Crippen LogP contribution in [-0.4, -0.2) is 22.0 Å². The minimum absolute atomic E-state index is 0.119. The standard InChI is InChI=1S/C34H26BrF3N2O4S2/c1-15-6-2-3-7-16(15)14-44-23-11-10-17(35)12-18(23)24-25-19-13-20(28(25)45-30-29(24)46-33(43)39-30)27-26(19)31(41)40(32(27)42)22-9-5-4-8-21(22)34(36,37)38/h2-12,19-20,24-28H,13-14H2,1H3,(H,39,43)/t19-,20-,24+,25+,26+,27+,28-/m1/s1. The molecule has 0 radical (unpaired) electrons. The van der Waals surface area contributed by atoms with E-state index in [-0.39, 0.29) is 33.8 Å². The summed E-state index contributed by atoms with van der Waals surface area (Å²) >= 11 is 6.29. The molecular formula is C34H26BrF3N2O4S2. The van der Waals surface area contributed by atoms with Gasteiger partial charge in [0.15, 0.2) is 0 Å². The van der Waals surface area contributed by atoms with Crippen molar-refractivity contribution in [3.8, 4) is 5.75 Å². The number of nitrogens with one attached hydrogen (secondary N) is 1. The number of carbonyl (C=O) groups is 2. The predicted octanol–water partition coefficient (Wildman–Crippen LogP) is 7.78. The SMILES string of the molecule is Cc1ccccc1COc1ccc(Br)cc1[C@@H]1c2sc(=O)[nH]c2S[C@@H]2[C@@H]3C[C@@H]([C@@H]4C(=O)N(c5ccccc5C(F)(F)F)C(=O)[C@@H]34)[C@@H]12. The fraction of sp³-hybridized carbons (Fsp3) is 0.324. The normalized spacial score (nSPS) is 27.9. The fourth-order valence-corrected chi connectivity index (χ4v) is 11.6. The maximum Gasteiger partial charge on any atom is 0.418 e. The lowest BCUT2D eigenvalue weighted by atomic mass is 9.68. The van der Waals surface area contributed by atoms with Gasteiger partial charge in [0.1, 0.15) is 12.4 Å². The van der Waals surface area contributed by atoms with Crippen molar-refractivity contribution >= 4 is 56.5 Å². The van der Waals surface area contributed by atoms with E-state index in [1.807, 2.05) is 49.4 Å². The number of nitrogens with zero attached hydrogens (tertiary/aromatic N) is 1. The van der Waals surface area contributed by atoms with E-state index in [0.717, 1.165) is 53.4 Å². The average Bonchev–Trinajstić information content (AvgIpc) is 3.75. The second-order valence-electron chi connectivity index (χ2n) is 12.4. The van der Waals surface area contributed by atoms with Crippen molar-refractivity contribution < 1.29 is 27.5 Å². The number of halogens is 4. The number of thioether (sulfide) groups is 1. The fourth-order valence-electron chi connectivity index (χ4n) is 8.33. The van der Waals surface area contributed by atoms with E-state index >= 15 is 0 Å². The first kappa shape index (κ1) is 30.0. The first-order valence-electron chi connectivity index (χ1n) is 14.9. The molecular weight excluding hydrogens is 701 g/mol. The molecule has 12 heteroatoms. The van der Waals surface area contributed by atoms with Crippen molar-refractivity contribution in [2.24, 2.45) is 29.6 Å². The van der Waals surface area contributed by atoms with Gasteiger partial charge in [-0.1, -0.05) is 63.7 Å². The Morgan fingerprint density at radius 1 is 0.978 bits per heavy atom. The zero-order valence-corrected chi connectivity index (χ0v) is 27.4. The summed E-state index contributed by atoms with van der Waals surface area (Å²) in [6, 6.07) is 18.6. The number of hydrogen-bond donors (Lipinski definition) is 1. The Balaban J connectivity index is 1.21. The molecule has 3 aromatic carbocycles. The zero-order valence-electron chi connectivity index (χ0n) is 24.2. The molecule has 0 spiro atoms. The minimum atomic E-state index is -4.72. The molecule has 46 heavy (non-hydrogen) atoms. The number of thiazole rings is 1. The number of alkyl halides is 3. The summed E-state index contributed by atoms with van der Waals surface area (Å²) in [5.41, 5.74) is 1.60. The Bertz CT molecular complexity index is 1980. The molecule has 7 atom stereocenters. The molecule has 2 saturated carbocycles. The lowest BCUT2D eigenvalue weighted by Crippen LogP contribution is -2.42. The number of imide groups is 1. The molecule has 4 aliphatic rings. The zero-order chi connectivity index (χ0) is 32.1. The van der Waals surface area contributed by atoms with Crippen LogP contribution in [0.1, 0.15) is 39.5 Å². The van der Waals surface area contributed by atoms with Crippen molar-refractivity contribution in [1.82, 2.24) is 4.98 Å². The Morgan fingerprint density at radius 3 is 2.46 bits per heavy atom. The van der Waals surface area contributed by atoms with Gasteiger partial charge in [0.05, 0.1) is 28.1 Å². The lowest BCUT2D eigenvalue weighted by molar-refractivity contribution is -0.137. The molecule has 2 aliphatic carbocycles. The topological polar surface area (TPSA) is 79.5 Å². The van der Waals surface area contributed by atoms with Crippen molar-refractivity contribution in [3.05, 3.63) is 108 Å². The molecule has 0 unspecified atom stereocenters. The van der Waals surface area contributed by atoms with Gasteiger partial charge in [0.2, 0.25) is 11.8 Å². The molecule has 4 aromatic rings. The van der Waals surface area contributed by atoms with E-state index in [1.165, 1.54) is 30.0 Å². The molecule has 3 heterocycles. The molecule has 236 valence electrons. The summed E-state index contributed by atoms with van der Waals surface area (Å²) in [5, 5.41) is 0.623. The Labute approximate surface area is 278 Å². The number of aromatic amines is 1. The van der Waals surface area contributed by atoms with E-state index in [1.54, 1.807) is 0 Å². The van der Waals surface area contributed by atoms with Crippen LogP contribution in [-0.2, 0) is 22.4 Å². The van der Waals surface area contributed by atoms with Gasteiger partial charge in [-0.05, 0) is 72.6 Å². The van der Waals surface area contributed by atoms with Crippen molar-refractivity contribution in [1.29, 1.82) is 0 Å². The maximum absolute atomic E-state index is 14.1. The summed E-state index contributed by atoms with van der Waals surface area (Å²) in [7, 11) is 0. The third-order valence-electron chi connectivity index (χ3n) is 10.1. The number of H-pyrrole nitrogens is 1. The van der Waals surface area contributed by atoms with Crippen molar-refractivity contribution in [3.63, 3.8) is 0 Å². The smallest absolute Gasteiger partial charge is 0.418 e. The second-order valence-corrected chi connectivity index (χ2v) is 15.5. The number of hydrogen-bond acceptors (Lipinski definition) is 6. The number of rotatable bonds is 5. The third kappa shape index (κ3) is 4.54. The van der Waals surface area contributed by atoms with Gasteiger partial charge in [0.25, 0.3) is 0 Å². The van der Waals surface area contributed by atoms with Crippen molar-refractivity contribution in [2.75, 3.05) is 4.90 Å². The molecule has 2 amide bonds. The van der Waals surface area contributed by atoms with Crippen LogP contribution in [0.2, 0.25) is 0 Å². The highest BCUT2D eigenvalue weighted by Gasteiger charge is 2.70. The predicted molar refractivity (Wildman–Crippen MR) is 172 cm³/mol. The van der Waals surface area contributed by atoms with Gasteiger partial charge in [-0.25, -0.2) is 4.90 Å². The van der Waals surface area contributed by atoms with Gasteiger partial charge in [0, 0.05) is 26.1 Å². The number of para-hydroxylation sites is 1. The van der Waals surface area contributed by atoms with Crippen LogP contribution in [0.15, 0.2) is 81.0 Å². The second kappa shape index (κ2) is 10.8. The highest BCUT2D eigenvalue weighted by atomic mass is 79.9.